The van der Waals surface area contributed by atoms with Gasteiger partial charge >= 0.3 is 0 Å². The number of unbranched alkanes of at least 4 members (excludes halogenated alkanes) is 1. The van der Waals surface area contributed by atoms with Crippen LogP contribution in [0.2, 0.25) is 0 Å². The van der Waals surface area contributed by atoms with Crippen LogP contribution in [0.1, 0.15) is 44.5 Å². The molecular formula is C15H22BrN4+. The Kier molecular flexibility index (Phi) is 5.71. The molecule has 0 amide bonds. The van der Waals surface area contributed by atoms with Crippen molar-refractivity contribution in [2.24, 2.45) is 0 Å². The van der Waals surface area contributed by atoms with Crippen molar-refractivity contribution in [2.75, 3.05) is 0 Å². The van der Waals surface area contributed by atoms with Crippen LogP contribution < -0.4 is 4.68 Å². The molecule has 0 atom stereocenters. The van der Waals surface area contributed by atoms with E-state index in [1.165, 1.54) is 17.8 Å². The minimum atomic E-state index is 0.786. The van der Waals surface area contributed by atoms with Crippen molar-refractivity contribution in [3.8, 4) is 0 Å². The molecule has 20 heavy (non-hydrogen) atoms. The fraction of sp³-hybridized carbons (Fsp3) is 0.533. The van der Waals surface area contributed by atoms with E-state index in [0.717, 1.165) is 36.8 Å². The van der Waals surface area contributed by atoms with Gasteiger partial charge in [0.15, 0.2) is 5.21 Å². The van der Waals surface area contributed by atoms with Gasteiger partial charge in [-0.05, 0) is 30.5 Å². The van der Waals surface area contributed by atoms with Gasteiger partial charge in [0.2, 0.25) is 0 Å². The summed E-state index contributed by atoms with van der Waals surface area (Å²) in [5, 5.41) is 8.63. The Bertz CT molecular complexity index is 533. The zero-order chi connectivity index (χ0) is 14.4. The van der Waals surface area contributed by atoms with E-state index < -0.39 is 0 Å². The molecule has 0 unspecified atom stereocenters. The second-order valence-electron chi connectivity index (χ2n) is 5.01. The lowest BCUT2D eigenvalue weighted by Gasteiger charge is -2.01. The molecule has 1 aromatic heterocycles. The zero-order valence-electron chi connectivity index (χ0n) is 12.2. The van der Waals surface area contributed by atoms with Crippen molar-refractivity contribution in [1.29, 1.82) is 0 Å². The summed E-state index contributed by atoms with van der Waals surface area (Å²) in [7, 11) is 0. The van der Waals surface area contributed by atoms with E-state index in [1.807, 2.05) is 4.68 Å². The first kappa shape index (κ1) is 15.2. The van der Waals surface area contributed by atoms with Crippen LogP contribution in [0, 0.1) is 0 Å². The van der Waals surface area contributed by atoms with Gasteiger partial charge in [-0.3, -0.25) is 0 Å². The summed E-state index contributed by atoms with van der Waals surface area (Å²) in [6, 6.07) is 8.38. The summed E-state index contributed by atoms with van der Waals surface area (Å²) in [5.74, 6) is 1.23. The van der Waals surface area contributed by atoms with E-state index in [-0.39, 0.29) is 0 Å². The van der Waals surface area contributed by atoms with E-state index in [1.54, 1.807) is 0 Å². The first-order valence-electron chi connectivity index (χ1n) is 7.31. The van der Waals surface area contributed by atoms with Gasteiger partial charge in [0.1, 0.15) is 18.3 Å². The van der Waals surface area contributed by atoms with E-state index in [4.69, 9.17) is 0 Å². The molecule has 2 aromatic rings. The van der Waals surface area contributed by atoms with E-state index in [2.05, 4.69) is 69.2 Å². The van der Waals surface area contributed by atoms with Crippen LogP contribution in [0.4, 0.5) is 0 Å². The molecule has 0 saturated carbocycles. The number of rotatable bonds is 7. The fourth-order valence-electron chi connectivity index (χ4n) is 2.18. The highest BCUT2D eigenvalue weighted by Crippen LogP contribution is 2.10. The van der Waals surface area contributed by atoms with Crippen molar-refractivity contribution < 1.29 is 4.68 Å². The number of hydrogen-bond acceptors (Lipinski definition) is 2. The summed E-state index contributed by atoms with van der Waals surface area (Å²) in [6.07, 6.45) is 4.46. The SMILES string of the molecule is CCCCn1nn[n+](Cc2ccc(Br)cc2)c1CCC. The maximum Gasteiger partial charge on any atom is 0.257 e. The maximum atomic E-state index is 4.32. The minimum absolute atomic E-state index is 0.786. The summed E-state index contributed by atoms with van der Waals surface area (Å²) in [4.78, 5) is 0. The van der Waals surface area contributed by atoms with Crippen LogP contribution in [0.15, 0.2) is 28.7 Å². The minimum Gasteiger partial charge on any atom is -0.133 e. The Morgan fingerprint density at radius 3 is 2.55 bits per heavy atom. The fourth-order valence-corrected chi connectivity index (χ4v) is 2.45. The van der Waals surface area contributed by atoms with E-state index >= 15 is 0 Å². The van der Waals surface area contributed by atoms with Crippen molar-refractivity contribution >= 4 is 15.9 Å². The number of nitrogens with zero attached hydrogens (tertiary/aromatic N) is 4. The molecule has 0 aliphatic heterocycles. The van der Waals surface area contributed by atoms with Crippen molar-refractivity contribution in [3.05, 3.63) is 40.1 Å². The van der Waals surface area contributed by atoms with Gasteiger partial charge in [-0.2, -0.15) is 0 Å². The van der Waals surface area contributed by atoms with Gasteiger partial charge in [0, 0.05) is 10.9 Å². The predicted octanol–water partition coefficient (Wildman–Crippen LogP) is 3.13. The van der Waals surface area contributed by atoms with Crippen LogP contribution in [0.5, 0.6) is 0 Å². The van der Waals surface area contributed by atoms with Crippen molar-refractivity contribution in [3.63, 3.8) is 0 Å². The second-order valence-corrected chi connectivity index (χ2v) is 5.92. The highest BCUT2D eigenvalue weighted by molar-refractivity contribution is 9.10. The maximum absolute atomic E-state index is 4.32. The monoisotopic (exact) mass is 337 g/mol. The van der Waals surface area contributed by atoms with E-state index in [9.17, 15) is 0 Å². The number of tetrazole rings is 1. The number of halogens is 1. The standard InChI is InChI=1S/C15H22BrN4/c1-3-5-11-19-15(6-4-2)20(18-17-19)12-13-7-9-14(16)10-8-13/h7-10H,3-6,11-12H2,1-2H3/q+1. The second kappa shape index (κ2) is 7.53. The molecule has 0 N–H and O–H groups in total. The van der Waals surface area contributed by atoms with Crippen molar-refractivity contribution in [1.82, 2.24) is 15.1 Å². The molecule has 5 heteroatoms. The molecule has 0 aliphatic carbocycles. The third-order valence-corrected chi connectivity index (χ3v) is 3.82. The molecule has 0 spiro atoms. The number of benzene rings is 1. The molecule has 4 nitrogen and oxygen atoms in total. The number of aryl methyl sites for hydroxylation is 1. The Labute approximate surface area is 128 Å². The highest BCUT2D eigenvalue weighted by Gasteiger charge is 2.19. The summed E-state index contributed by atoms with van der Waals surface area (Å²) in [5.41, 5.74) is 1.25. The summed E-state index contributed by atoms with van der Waals surface area (Å²) >= 11 is 3.46. The first-order chi connectivity index (χ1) is 9.74. The third kappa shape index (κ3) is 3.88. The normalized spacial score (nSPS) is 10.9. The molecular weight excluding hydrogens is 316 g/mol. The Morgan fingerprint density at radius 2 is 1.90 bits per heavy atom. The zero-order valence-corrected chi connectivity index (χ0v) is 13.8. The largest absolute Gasteiger partial charge is 0.257 e. The topological polar surface area (TPSA) is 34.6 Å². The number of hydrogen-bond donors (Lipinski definition) is 0. The van der Waals surface area contributed by atoms with Crippen LogP contribution in [-0.4, -0.2) is 15.1 Å². The van der Waals surface area contributed by atoms with Gasteiger partial charge in [0.05, 0.1) is 0 Å². The Hall–Kier alpha value is -1.23. The van der Waals surface area contributed by atoms with Gasteiger partial charge in [-0.25, -0.2) is 0 Å². The van der Waals surface area contributed by atoms with Crippen LogP contribution in [0.3, 0.4) is 0 Å². The smallest absolute Gasteiger partial charge is 0.133 e. The number of aromatic nitrogens is 4. The average molecular weight is 338 g/mol. The van der Waals surface area contributed by atoms with Crippen LogP contribution in [-0.2, 0) is 19.5 Å². The predicted molar refractivity (Wildman–Crippen MR) is 82.4 cm³/mol. The first-order valence-corrected chi connectivity index (χ1v) is 8.10. The lowest BCUT2D eigenvalue weighted by atomic mass is 10.2. The molecule has 1 aromatic carbocycles. The third-order valence-electron chi connectivity index (χ3n) is 3.29. The van der Waals surface area contributed by atoms with Gasteiger partial charge in [-0.1, -0.05) is 53.0 Å². The van der Waals surface area contributed by atoms with E-state index in [0.29, 0.717) is 0 Å². The molecule has 1 heterocycles. The van der Waals surface area contributed by atoms with Crippen LogP contribution >= 0.6 is 15.9 Å². The summed E-state index contributed by atoms with van der Waals surface area (Å²) < 4.78 is 5.19. The molecule has 0 radical (unpaired) electrons. The molecule has 0 bridgehead atoms. The van der Waals surface area contributed by atoms with Gasteiger partial charge in [-0.15, -0.1) is 4.68 Å². The lowest BCUT2D eigenvalue weighted by Crippen LogP contribution is -2.41. The lowest BCUT2D eigenvalue weighted by molar-refractivity contribution is -0.753. The summed E-state index contributed by atoms with van der Waals surface area (Å²) in [6.45, 7) is 6.15. The molecule has 0 aliphatic rings. The van der Waals surface area contributed by atoms with Gasteiger partial charge < -0.3 is 0 Å². The van der Waals surface area contributed by atoms with Crippen molar-refractivity contribution in [2.45, 2.75) is 52.6 Å². The Morgan fingerprint density at radius 1 is 1.15 bits per heavy atom. The highest BCUT2D eigenvalue weighted by atomic mass is 79.9. The average Bonchev–Trinajstić information content (AvgIpc) is 2.82. The van der Waals surface area contributed by atoms with Gasteiger partial charge in [0.25, 0.3) is 5.82 Å². The molecule has 2 rings (SSSR count). The quantitative estimate of drug-likeness (QED) is 0.727. The Balaban J connectivity index is 2.17. The molecule has 0 saturated heterocycles. The van der Waals surface area contributed by atoms with Crippen LogP contribution in [0.25, 0.3) is 0 Å². The molecule has 108 valence electrons. The molecule has 0 fully saturated rings.